The summed E-state index contributed by atoms with van der Waals surface area (Å²) in [5.74, 6) is -0.890. The van der Waals surface area contributed by atoms with Crippen molar-refractivity contribution in [2.24, 2.45) is 0 Å². The first-order chi connectivity index (χ1) is 15.0. The van der Waals surface area contributed by atoms with E-state index in [1.165, 1.54) is 6.42 Å². The molecule has 2 atom stereocenters. The maximum Gasteiger partial charge on any atom is 0.306 e. The Hall–Kier alpha value is -0.990. The van der Waals surface area contributed by atoms with E-state index in [1.807, 2.05) is 28.1 Å². The molecule has 0 heterocycles. The molecule has 190 valence electrons. The molecular weight excluding hydrogens is 437 g/mol. The molecule has 0 aromatic rings. The van der Waals surface area contributed by atoms with Gasteiger partial charge in [0.25, 0.3) is 7.82 Å². The maximum atomic E-state index is 12.2. The fraction of sp³-hybridized carbons (Fsp3) is 0.909. The summed E-state index contributed by atoms with van der Waals surface area (Å²) >= 11 is 0. The van der Waals surface area contributed by atoms with Crippen molar-refractivity contribution in [1.29, 1.82) is 0 Å². The first-order valence-electron chi connectivity index (χ1n) is 11.7. The number of phosphoric ester groups is 1. The van der Waals surface area contributed by atoms with Crippen molar-refractivity contribution >= 4 is 19.8 Å². The molecule has 0 radical (unpaired) electrons. The summed E-state index contributed by atoms with van der Waals surface area (Å²) in [5.41, 5.74) is 0. The van der Waals surface area contributed by atoms with Crippen LogP contribution in [-0.4, -0.2) is 70.0 Å². The Kier molecular flexibility index (Phi) is 16.9. The standard InChI is InChI=1S/C22H44NO8P/c1-6-8-10-11-12-13-15-22(25)31-20(18-28-21(24)14-9-7-2)19-30-32(26,27)29-17-16-23(3,4)5/h20H,6-19H2,1-5H3. The monoisotopic (exact) mass is 481 g/mol. The number of carbonyl (C=O) groups excluding carboxylic acids is 2. The third kappa shape index (κ3) is 19.7. The van der Waals surface area contributed by atoms with Crippen LogP contribution in [0.4, 0.5) is 0 Å². The van der Waals surface area contributed by atoms with Gasteiger partial charge in [0.15, 0.2) is 6.10 Å². The van der Waals surface area contributed by atoms with Gasteiger partial charge in [0.2, 0.25) is 0 Å². The van der Waals surface area contributed by atoms with Gasteiger partial charge in [0, 0.05) is 12.8 Å². The molecule has 0 aromatic carbocycles. The fourth-order valence-corrected chi connectivity index (χ4v) is 3.36. The molecule has 9 nitrogen and oxygen atoms in total. The molecule has 0 saturated heterocycles. The number of hydrogen-bond donors (Lipinski definition) is 0. The number of quaternary nitrogens is 1. The maximum absolute atomic E-state index is 12.2. The first kappa shape index (κ1) is 31.0. The van der Waals surface area contributed by atoms with Crippen LogP contribution in [0.25, 0.3) is 0 Å². The number of hydrogen-bond acceptors (Lipinski definition) is 8. The van der Waals surface area contributed by atoms with Crippen LogP contribution in [-0.2, 0) is 32.7 Å². The van der Waals surface area contributed by atoms with E-state index in [2.05, 4.69) is 6.92 Å². The zero-order chi connectivity index (χ0) is 24.5. The number of unbranched alkanes of at least 4 members (excludes halogenated alkanes) is 6. The van der Waals surface area contributed by atoms with E-state index < -0.39 is 32.5 Å². The van der Waals surface area contributed by atoms with Gasteiger partial charge < -0.3 is 27.9 Å². The summed E-state index contributed by atoms with van der Waals surface area (Å²) in [6.45, 7) is 3.82. The van der Waals surface area contributed by atoms with Gasteiger partial charge in [-0.25, -0.2) is 0 Å². The highest BCUT2D eigenvalue weighted by atomic mass is 31.2. The molecule has 0 spiro atoms. The van der Waals surface area contributed by atoms with E-state index in [-0.39, 0.29) is 26.1 Å². The second-order valence-electron chi connectivity index (χ2n) is 9.01. The van der Waals surface area contributed by atoms with Crippen molar-refractivity contribution in [3.63, 3.8) is 0 Å². The van der Waals surface area contributed by atoms with E-state index in [9.17, 15) is 19.0 Å². The lowest BCUT2D eigenvalue weighted by molar-refractivity contribution is -0.870. The van der Waals surface area contributed by atoms with Crippen molar-refractivity contribution in [1.82, 2.24) is 0 Å². The van der Waals surface area contributed by atoms with Gasteiger partial charge in [-0.2, -0.15) is 0 Å². The Morgan fingerprint density at radius 2 is 1.44 bits per heavy atom. The highest BCUT2D eigenvalue weighted by Gasteiger charge is 2.21. The SMILES string of the molecule is CCCCCCCCC(=O)OC(COC(=O)CCCC)COP(=O)([O-])OCC[N+](C)(C)C. The van der Waals surface area contributed by atoms with E-state index >= 15 is 0 Å². The number of nitrogens with zero attached hydrogens (tertiary/aromatic N) is 1. The predicted octanol–water partition coefficient (Wildman–Crippen LogP) is 3.59. The third-order valence-corrected chi connectivity index (χ3v) is 5.59. The molecule has 0 rings (SSSR count). The van der Waals surface area contributed by atoms with Crippen LogP contribution < -0.4 is 4.89 Å². The summed E-state index contributed by atoms with van der Waals surface area (Å²) in [7, 11) is 1.16. The van der Waals surface area contributed by atoms with E-state index in [0.29, 0.717) is 23.9 Å². The number of phosphoric acid groups is 1. The molecular formula is C22H44NO8P. The van der Waals surface area contributed by atoms with Gasteiger partial charge in [-0.1, -0.05) is 52.4 Å². The Bertz CT molecular complexity index is 565. The molecule has 0 aliphatic carbocycles. The van der Waals surface area contributed by atoms with Gasteiger partial charge in [0.1, 0.15) is 19.8 Å². The van der Waals surface area contributed by atoms with Crippen LogP contribution in [0, 0.1) is 0 Å². The van der Waals surface area contributed by atoms with Gasteiger partial charge in [-0.3, -0.25) is 14.2 Å². The number of carbonyl (C=O) groups is 2. The Morgan fingerprint density at radius 3 is 2.06 bits per heavy atom. The lowest BCUT2D eigenvalue weighted by atomic mass is 10.1. The highest BCUT2D eigenvalue weighted by molar-refractivity contribution is 7.45. The Labute approximate surface area is 193 Å². The van der Waals surface area contributed by atoms with E-state index in [4.69, 9.17) is 18.5 Å². The zero-order valence-corrected chi connectivity index (χ0v) is 21.5. The molecule has 0 aromatic heterocycles. The normalized spacial score (nSPS) is 14.6. The van der Waals surface area contributed by atoms with E-state index in [1.54, 1.807) is 0 Å². The van der Waals surface area contributed by atoms with Crippen LogP contribution in [0.1, 0.15) is 78.1 Å². The van der Waals surface area contributed by atoms with Crippen LogP contribution in [0.2, 0.25) is 0 Å². The Morgan fingerprint density at radius 1 is 0.844 bits per heavy atom. The molecule has 0 fully saturated rings. The molecule has 0 saturated carbocycles. The first-order valence-corrected chi connectivity index (χ1v) is 13.2. The molecule has 32 heavy (non-hydrogen) atoms. The van der Waals surface area contributed by atoms with Crippen LogP contribution >= 0.6 is 7.82 Å². The summed E-state index contributed by atoms with van der Waals surface area (Å²) < 4.78 is 32.8. The zero-order valence-electron chi connectivity index (χ0n) is 20.6. The topological polar surface area (TPSA) is 111 Å². The lowest BCUT2D eigenvalue weighted by Gasteiger charge is -2.28. The summed E-state index contributed by atoms with van der Waals surface area (Å²) in [6.07, 6.45) is 7.16. The predicted molar refractivity (Wildman–Crippen MR) is 121 cm³/mol. The van der Waals surface area contributed by atoms with Gasteiger partial charge >= 0.3 is 11.9 Å². The van der Waals surface area contributed by atoms with Crippen molar-refractivity contribution in [2.75, 3.05) is 47.5 Å². The van der Waals surface area contributed by atoms with Crippen LogP contribution in [0.5, 0.6) is 0 Å². The van der Waals surface area contributed by atoms with Crippen LogP contribution in [0.3, 0.4) is 0 Å². The number of ether oxygens (including phenoxy) is 2. The summed E-state index contributed by atoms with van der Waals surface area (Å²) in [5, 5.41) is 0. The second kappa shape index (κ2) is 17.5. The second-order valence-corrected chi connectivity index (χ2v) is 10.4. The average molecular weight is 482 g/mol. The number of rotatable bonds is 20. The minimum Gasteiger partial charge on any atom is -0.756 e. The fourth-order valence-electron chi connectivity index (χ4n) is 2.63. The summed E-state index contributed by atoms with van der Waals surface area (Å²) in [6, 6.07) is 0. The molecule has 0 amide bonds. The minimum atomic E-state index is -4.57. The lowest BCUT2D eigenvalue weighted by Crippen LogP contribution is -2.37. The number of esters is 2. The van der Waals surface area contributed by atoms with Gasteiger partial charge in [0.05, 0.1) is 27.7 Å². The number of likely N-dealkylation sites (N-methyl/N-ethyl adjacent to an activating group) is 1. The van der Waals surface area contributed by atoms with Crippen molar-refractivity contribution in [3.8, 4) is 0 Å². The van der Waals surface area contributed by atoms with Gasteiger partial charge in [-0.15, -0.1) is 0 Å². The smallest absolute Gasteiger partial charge is 0.306 e. The Balaban J connectivity index is 4.59. The van der Waals surface area contributed by atoms with Crippen LogP contribution in [0.15, 0.2) is 0 Å². The van der Waals surface area contributed by atoms with Crippen molar-refractivity contribution < 1.29 is 42.1 Å². The third-order valence-electron chi connectivity index (χ3n) is 4.63. The van der Waals surface area contributed by atoms with Gasteiger partial charge in [-0.05, 0) is 12.8 Å². The molecule has 0 aliphatic heterocycles. The molecule has 0 N–H and O–H groups in total. The minimum absolute atomic E-state index is 0.0290. The molecule has 2 unspecified atom stereocenters. The quantitative estimate of drug-likeness (QED) is 0.112. The average Bonchev–Trinajstić information content (AvgIpc) is 2.69. The largest absolute Gasteiger partial charge is 0.756 e. The molecule has 0 bridgehead atoms. The molecule has 0 aliphatic rings. The van der Waals surface area contributed by atoms with Crippen molar-refractivity contribution in [2.45, 2.75) is 84.2 Å². The van der Waals surface area contributed by atoms with Crippen molar-refractivity contribution in [3.05, 3.63) is 0 Å². The van der Waals surface area contributed by atoms with E-state index in [0.717, 1.165) is 32.1 Å². The highest BCUT2D eigenvalue weighted by Crippen LogP contribution is 2.38. The molecule has 10 heteroatoms. The summed E-state index contributed by atoms with van der Waals surface area (Å²) in [4.78, 5) is 36.0.